The van der Waals surface area contributed by atoms with Crippen LogP contribution in [0.25, 0.3) is 0 Å². The smallest absolute Gasteiger partial charge is 0.309 e. The van der Waals surface area contributed by atoms with Crippen molar-refractivity contribution < 1.29 is 19.1 Å². The fourth-order valence-electron chi connectivity index (χ4n) is 3.76. The standard InChI is InChI=1S/C26H27N3O4S/c1-3-32-26(31)19-12-16-29(17-13-19)25(30)21-6-4-5-7-22(21)34-24-23(27-14-15-28-24)33-20-10-8-18(2)9-11-20/h4-11,14-15,19H,3,12-13,16-17H2,1-2H3. The van der Waals surface area contributed by atoms with E-state index in [-0.39, 0.29) is 17.8 Å². The number of aryl methyl sites for hydroxylation is 1. The van der Waals surface area contributed by atoms with Crippen molar-refractivity contribution in [3.63, 3.8) is 0 Å². The first kappa shape index (κ1) is 23.8. The van der Waals surface area contributed by atoms with Crippen LogP contribution in [-0.2, 0) is 9.53 Å². The van der Waals surface area contributed by atoms with Gasteiger partial charge in [-0.1, -0.05) is 41.6 Å². The van der Waals surface area contributed by atoms with Gasteiger partial charge in [0.1, 0.15) is 5.75 Å². The molecule has 1 fully saturated rings. The fourth-order valence-corrected chi connectivity index (χ4v) is 4.67. The van der Waals surface area contributed by atoms with E-state index in [0.29, 0.717) is 54.8 Å². The Kier molecular flexibility index (Phi) is 7.80. The molecule has 34 heavy (non-hydrogen) atoms. The topological polar surface area (TPSA) is 81.6 Å². The molecule has 0 aliphatic carbocycles. The third-order valence-electron chi connectivity index (χ3n) is 5.59. The van der Waals surface area contributed by atoms with Gasteiger partial charge in [0.05, 0.1) is 18.1 Å². The molecule has 0 atom stereocenters. The van der Waals surface area contributed by atoms with Gasteiger partial charge in [0.2, 0.25) is 0 Å². The van der Waals surface area contributed by atoms with Gasteiger partial charge >= 0.3 is 5.97 Å². The normalized spacial score (nSPS) is 14.0. The minimum atomic E-state index is -0.172. The number of aromatic nitrogens is 2. The number of hydrogen-bond acceptors (Lipinski definition) is 7. The van der Waals surface area contributed by atoms with Crippen LogP contribution in [0.2, 0.25) is 0 Å². The Morgan fingerprint density at radius 1 is 1.03 bits per heavy atom. The van der Waals surface area contributed by atoms with Crippen molar-refractivity contribution in [3.05, 3.63) is 72.1 Å². The van der Waals surface area contributed by atoms with Crippen molar-refractivity contribution in [2.75, 3.05) is 19.7 Å². The Balaban J connectivity index is 1.49. The van der Waals surface area contributed by atoms with E-state index >= 15 is 0 Å². The molecule has 8 heteroatoms. The summed E-state index contributed by atoms with van der Waals surface area (Å²) in [6, 6.07) is 15.2. The van der Waals surface area contributed by atoms with E-state index in [1.165, 1.54) is 11.8 Å². The molecule has 1 aliphatic rings. The number of nitrogens with zero attached hydrogens (tertiary/aromatic N) is 3. The molecule has 1 aliphatic heterocycles. The third kappa shape index (κ3) is 5.75. The highest BCUT2D eigenvalue weighted by molar-refractivity contribution is 7.99. The van der Waals surface area contributed by atoms with Gasteiger partial charge in [-0.2, -0.15) is 0 Å². The van der Waals surface area contributed by atoms with Gasteiger partial charge in [0.25, 0.3) is 11.8 Å². The quantitative estimate of drug-likeness (QED) is 0.436. The Morgan fingerprint density at radius 3 is 2.47 bits per heavy atom. The summed E-state index contributed by atoms with van der Waals surface area (Å²) in [7, 11) is 0. The highest BCUT2D eigenvalue weighted by Gasteiger charge is 2.29. The lowest BCUT2D eigenvalue weighted by Gasteiger charge is -2.31. The van der Waals surface area contributed by atoms with Gasteiger partial charge in [-0.25, -0.2) is 9.97 Å². The van der Waals surface area contributed by atoms with Gasteiger partial charge < -0.3 is 14.4 Å². The van der Waals surface area contributed by atoms with Crippen molar-refractivity contribution >= 4 is 23.6 Å². The number of benzene rings is 2. The molecule has 0 bridgehead atoms. The molecule has 0 spiro atoms. The van der Waals surface area contributed by atoms with Crippen LogP contribution in [0, 0.1) is 12.8 Å². The Morgan fingerprint density at radius 2 is 1.74 bits per heavy atom. The lowest BCUT2D eigenvalue weighted by molar-refractivity contribution is -0.149. The summed E-state index contributed by atoms with van der Waals surface area (Å²) in [5, 5.41) is 0.573. The van der Waals surface area contributed by atoms with E-state index in [9.17, 15) is 9.59 Å². The number of likely N-dealkylation sites (tertiary alicyclic amines) is 1. The highest BCUT2D eigenvalue weighted by Crippen LogP contribution is 2.36. The molecular formula is C26H27N3O4S. The zero-order valence-corrected chi connectivity index (χ0v) is 20.1. The predicted octanol–water partition coefficient (Wildman–Crippen LogP) is 5.14. The molecule has 7 nitrogen and oxygen atoms in total. The van der Waals surface area contributed by atoms with Crippen molar-refractivity contribution in [1.29, 1.82) is 0 Å². The Bertz CT molecular complexity index is 1140. The molecule has 0 unspecified atom stereocenters. The number of carbonyl (C=O) groups is 2. The minimum Gasteiger partial charge on any atom is -0.466 e. The summed E-state index contributed by atoms with van der Waals surface area (Å²) in [6.07, 6.45) is 4.41. The predicted molar refractivity (Wildman–Crippen MR) is 129 cm³/mol. The number of rotatable bonds is 7. The van der Waals surface area contributed by atoms with E-state index in [1.54, 1.807) is 24.2 Å². The first-order valence-corrected chi connectivity index (χ1v) is 12.1. The van der Waals surface area contributed by atoms with Crippen molar-refractivity contribution in [2.24, 2.45) is 5.92 Å². The zero-order valence-electron chi connectivity index (χ0n) is 19.3. The van der Waals surface area contributed by atoms with Crippen LogP contribution in [0.15, 0.2) is 70.8 Å². The second-order valence-electron chi connectivity index (χ2n) is 8.00. The molecule has 1 aromatic heterocycles. The molecule has 3 aromatic rings. The van der Waals surface area contributed by atoms with Crippen molar-refractivity contribution in [1.82, 2.24) is 14.9 Å². The van der Waals surface area contributed by atoms with Gasteiger partial charge in [-0.3, -0.25) is 9.59 Å². The molecule has 4 rings (SSSR count). The summed E-state index contributed by atoms with van der Waals surface area (Å²) >= 11 is 1.35. The van der Waals surface area contributed by atoms with Crippen LogP contribution in [0.1, 0.15) is 35.7 Å². The summed E-state index contributed by atoms with van der Waals surface area (Å²) in [5.74, 6) is 0.676. The number of hydrogen-bond donors (Lipinski definition) is 0. The maximum absolute atomic E-state index is 13.3. The molecule has 2 heterocycles. The van der Waals surface area contributed by atoms with Gasteiger partial charge in [-0.05, 0) is 51.0 Å². The molecule has 176 valence electrons. The van der Waals surface area contributed by atoms with Gasteiger partial charge in [0, 0.05) is 30.4 Å². The SMILES string of the molecule is CCOC(=O)C1CCN(C(=O)c2ccccc2Sc2nccnc2Oc2ccc(C)cc2)CC1. The van der Waals surface area contributed by atoms with Crippen LogP contribution in [0.4, 0.5) is 0 Å². The number of amides is 1. The maximum Gasteiger partial charge on any atom is 0.309 e. The first-order chi connectivity index (χ1) is 16.5. The third-order valence-corrected chi connectivity index (χ3v) is 6.64. The van der Waals surface area contributed by atoms with Crippen molar-refractivity contribution in [2.45, 2.75) is 36.6 Å². The summed E-state index contributed by atoms with van der Waals surface area (Å²) in [4.78, 5) is 36.8. The number of piperidine rings is 1. The van der Waals surface area contributed by atoms with Crippen LogP contribution < -0.4 is 4.74 Å². The minimum absolute atomic E-state index is 0.0599. The molecule has 1 saturated heterocycles. The second kappa shape index (κ2) is 11.2. The van der Waals surface area contributed by atoms with E-state index in [0.717, 1.165) is 10.5 Å². The highest BCUT2D eigenvalue weighted by atomic mass is 32.2. The number of esters is 1. The molecule has 1 amide bonds. The van der Waals surface area contributed by atoms with Crippen LogP contribution in [0.5, 0.6) is 11.6 Å². The van der Waals surface area contributed by atoms with Crippen LogP contribution in [0.3, 0.4) is 0 Å². The van der Waals surface area contributed by atoms with E-state index in [4.69, 9.17) is 9.47 Å². The Hall–Kier alpha value is -3.39. The van der Waals surface area contributed by atoms with Crippen LogP contribution >= 0.6 is 11.8 Å². The van der Waals surface area contributed by atoms with Crippen LogP contribution in [-0.4, -0.2) is 46.4 Å². The van der Waals surface area contributed by atoms with E-state index in [1.807, 2.05) is 55.5 Å². The molecule has 0 saturated carbocycles. The second-order valence-corrected chi connectivity index (χ2v) is 9.03. The molecule has 2 aromatic carbocycles. The van der Waals surface area contributed by atoms with Gasteiger partial charge in [0.15, 0.2) is 5.03 Å². The molecule has 0 N–H and O–H groups in total. The van der Waals surface area contributed by atoms with E-state index in [2.05, 4.69) is 9.97 Å². The monoisotopic (exact) mass is 477 g/mol. The lowest BCUT2D eigenvalue weighted by atomic mass is 9.96. The zero-order chi connectivity index (χ0) is 23.9. The summed E-state index contributed by atoms with van der Waals surface area (Å²) in [6.45, 7) is 5.24. The molecular weight excluding hydrogens is 450 g/mol. The summed E-state index contributed by atoms with van der Waals surface area (Å²) < 4.78 is 11.1. The largest absolute Gasteiger partial charge is 0.466 e. The summed E-state index contributed by atoms with van der Waals surface area (Å²) in [5.41, 5.74) is 1.73. The maximum atomic E-state index is 13.3. The van der Waals surface area contributed by atoms with Gasteiger partial charge in [-0.15, -0.1) is 0 Å². The average molecular weight is 478 g/mol. The average Bonchev–Trinajstić information content (AvgIpc) is 2.87. The number of ether oxygens (including phenoxy) is 2. The van der Waals surface area contributed by atoms with E-state index < -0.39 is 0 Å². The fraction of sp³-hybridized carbons (Fsp3) is 0.308. The van der Waals surface area contributed by atoms with Crippen molar-refractivity contribution in [3.8, 4) is 11.6 Å². The molecule has 0 radical (unpaired) electrons. The first-order valence-electron chi connectivity index (χ1n) is 11.3. The lowest BCUT2D eigenvalue weighted by Crippen LogP contribution is -2.40. The number of carbonyl (C=O) groups excluding carboxylic acids is 2. The Labute approximate surface area is 203 Å².